The molecule has 2 aromatic carbocycles. The third-order valence-corrected chi connectivity index (χ3v) is 2.99. The van der Waals surface area contributed by atoms with Crippen molar-refractivity contribution >= 4 is 23.4 Å². The topological polar surface area (TPSA) is 70.5 Å². The molecule has 0 aliphatic rings. The van der Waals surface area contributed by atoms with Gasteiger partial charge in [-0.2, -0.15) is 0 Å². The van der Waals surface area contributed by atoms with E-state index in [-0.39, 0.29) is 18.4 Å². The van der Waals surface area contributed by atoms with Crippen LogP contribution in [0, 0.1) is 0 Å². The van der Waals surface area contributed by atoms with Crippen molar-refractivity contribution in [3.05, 3.63) is 54.6 Å². The van der Waals surface area contributed by atoms with Gasteiger partial charge in [-0.1, -0.05) is 30.3 Å². The molecule has 1 atom stereocenters. The Hall–Kier alpha value is -2.24. The van der Waals surface area contributed by atoms with Crippen molar-refractivity contribution in [3.63, 3.8) is 0 Å². The summed E-state index contributed by atoms with van der Waals surface area (Å²) in [6.45, 7) is 0.684. The molecule has 0 saturated heterocycles. The molecule has 0 bridgehead atoms. The smallest absolute Gasteiger partial charge is 0.262 e. The number of hydrogen-bond acceptors (Lipinski definition) is 5. The second-order valence-electron chi connectivity index (χ2n) is 4.68. The SMILES string of the molecule is Cl.NC(COc1ccccc1)COc1noc2ccccc12. The molecule has 0 aliphatic heterocycles. The third-order valence-electron chi connectivity index (χ3n) is 2.99. The first-order valence-electron chi connectivity index (χ1n) is 6.73. The quantitative estimate of drug-likeness (QED) is 0.756. The highest BCUT2D eigenvalue weighted by Crippen LogP contribution is 2.24. The normalized spacial score (nSPS) is 11.7. The highest BCUT2D eigenvalue weighted by molar-refractivity contribution is 5.85. The largest absolute Gasteiger partial charge is 0.492 e. The summed E-state index contributed by atoms with van der Waals surface area (Å²) in [4.78, 5) is 0. The Labute approximate surface area is 134 Å². The van der Waals surface area contributed by atoms with Crippen LogP contribution in [-0.2, 0) is 0 Å². The van der Waals surface area contributed by atoms with Gasteiger partial charge in [-0.15, -0.1) is 12.4 Å². The van der Waals surface area contributed by atoms with Crippen LogP contribution < -0.4 is 15.2 Å². The van der Waals surface area contributed by atoms with E-state index in [1.165, 1.54) is 0 Å². The minimum absolute atomic E-state index is 0. The first kappa shape index (κ1) is 16.1. The zero-order chi connectivity index (χ0) is 14.5. The second-order valence-corrected chi connectivity index (χ2v) is 4.68. The summed E-state index contributed by atoms with van der Waals surface area (Å²) < 4.78 is 16.3. The molecule has 0 amide bonds. The summed E-state index contributed by atoms with van der Waals surface area (Å²) >= 11 is 0. The molecule has 3 rings (SSSR count). The number of rotatable bonds is 6. The predicted octanol–water partition coefficient (Wildman–Crippen LogP) is 3.03. The van der Waals surface area contributed by atoms with Gasteiger partial charge in [-0.25, -0.2) is 0 Å². The number of nitrogens with two attached hydrogens (primary N) is 1. The summed E-state index contributed by atoms with van der Waals surface area (Å²) in [7, 11) is 0. The third kappa shape index (κ3) is 3.90. The van der Waals surface area contributed by atoms with E-state index in [2.05, 4.69) is 5.16 Å². The number of fused-ring (bicyclic) bond motifs is 1. The van der Waals surface area contributed by atoms with E-state index in [9.17, 15) is 0 Å². The molecule has 0 saturated carbocycles. The van der Waals surface area contributed by atoms with Crippen LogP contribution in [0.5, 0.6) is 11.6 Å². The van der Waals surface area contributed by atoms with Crippen molar-refractivity contribution < 1.29 is 14.0 Å². The lowest BCUT2D eigenvalue weighted by Crippen LogP contribution is -2.34. The zero-order valence-electron chi connectivity index (χ0n) is 11.8. The summed E-state index contributed by atoms with van der Waals surface area (Å²) in [5.41, 5.74) is 6.67. The van der Waals surface area contributed by atoms with E-state index in [0.29, 0.717) is 24.7 Å². The van der Waals surface area contributed by atoms with Crippen LogP contribution in [0.3, 0.4) is 0 Å². The fraction of sp³-hybridized carbons (Fsp3) is 0.188. The summed E-state index contributed by atoms with van der Waals surface area (Å²) in [5.74, 6) is 1.25. The van der Waals surface area contributed by atoms with Crippen molar-refractivity contribution in [2.24, 2.45) is 5.73 Å². The number of para-hydroxylation sites is 2. The second kappa shape index (κ2) is 7.68. The average molecular weight is 321 g/mol. The van der Waals surface area contributed by atoms with E-state index in [1.807, 2.05) is 54.6 Å². The molecule has 2 N–H and O–H groups in total. The predicted molar refractivity (Wildman–Crippen MR) is 86.7 cm³/mol. The molecule has 3 aromatic rings. The Kier molecular flexibility index (Phi) is 5.63. The van der Waals surface area contributed by atoms with Crippen LogP contribution in [0.15, 0.2) is 59.1 Å². The Morgan fingerprint density at radius 1 is 0.955 bits per heavy atom. The first-order chi connectivity index (χ1) is 10.3. The molecule has 0 spiro atoms. The van der Waals surface area contributed by atoms with Crippen LogP contribution in [0.1, 0.15) is 0 Å². The van der Waals surface area contributed by atoms with Crippen molar-refractivity contribution in [2.45, 2.75) is 6.04 Å². The van der Waals surface area contributed by atoms with E-state index >= 15 is 0 Å². The maximum atomic E-state index is 5.97. The van der Waals surface area contributed by atoms with E-state index < -0.39 is 0 Å². The van der Waals surface area contributed by atoms with Gasteiger partial charge in [0.2, 0.25) is 0 Å². The van der Waals surface area contributed by atoms with Crippen molar-refractivity contribution in [3.8, 4) is 11.6 Å². The molecule has 22 heavy (non-hydrogen) atoms. The van der Waals surface area contributed by atoms with Gasteiger partial charge in [0.25, 0.3) is 5.88 Å². The lowest BCUT2D eigenvalue weighted by Gasteiger charge is -2.13. The molecule has 6 heteroatoms. The lowest BCUT2D eigenvalue weighted by atomic mass is 10.2. The molecule has 1 aromatic heterocycles. The van der Waals surface area contributed by atoms with Gasteiger partial charge in [-0.05, 0) is 29.4 Å². The highest BCUT2D eigenvalue weighted by atomic mass is 35.5. The van der Waals surface area contributed by atoms with Gasteiger partial charge in [0.15, 0.2) is 5.58 Å². The molecule has 5 nitrogen and oxygen atoms in total. The van der Waals surface area contributed by atoms with Gasteiger partial charge in [-0.3, -0.25) is 0 Å². The molecular weight excluding hydrogens is 304 g/mol. The number of halogens is 1. The maximum absolute atomic E-state index is 5.97. The van der Waals surface area contributed by atoms with Gasteiger partial charge < -0.3 is 19.7 Å². The molecule has 0 fully saturated rings. The Balaban J connectivity index is 0.00000176. The summed E-state index contributed by atoms with van der Waals surface area (Å²) in [5, 5.41) is 4.73. The first-order valence-corrected chi connectivity index (χ1v) is 6.73. The fourth-order valence-electron chi connectivity index (χ4n) is 1.92. The Bertz CT molecular complexity index is 703. The Morgan fingerprint density at radius 2 is 1.64 bits per heavy atom. The fourth-order valence-corrected chi connectivity index (χ4v) is 1.92. The van der Waals surface area contributed by atoms with Crippen LogP contribution in [-0.4, -0.2) is 24.4 Å². The standard InChI is InChI=1S/C16H16N2O3.ClH/c17-12(10-19-13-6-2-1-3-7-13)11-20-16-14-8-4-5-9-15(14)21-18-16;/h1-9,12H,10-11,17H2;1H. The molecule has 1 unspecified atom stereocenters. The van der Waals surface area contributed by atoms with Gasteiger partial charge in [0.05, 0.1) is 11.4 Å². The highest BCUT2D eigenvalue weighted by Gasteiger charge is 2.11. The number of ether oxygens (including phenoxy) is 2. The van der Waals surface area contributed by atoms with Crippen molar-refractivity contribution in [2.75, 3.05) is 13.2 Å². The number of aromatic nitrogens is 1. The van der Waals surface area contributed by atoms with E-state index in [0.717, 1.165) is 11.1 Å². The molecule has 116 valence electrons. The van der Waals surface area contributed by atoms with E-state index in [4.69, 9.17) is 19.7 Å². The molecule has 0 aliphatic carbocycles. The summed E-state index contributed by atoms with van der Waals surface area (Å²) in [6, 6.07) is 16.8. The average Bonchev–Trinajstić information content (AvgIpc) is 2.95. The maximum Gasteiger partial charge on any atom is 0.262 e. The van der Waals surface area contributed by atoms with E-state index in [1.54, 1.807) is 0 Å². The van der Waals surface area contributed by atoms with Gasteiger partial charge >= 0.3 is 0 Å². The molecule has 0 radical (unpaired) electrons. The van der Waals surface area contributed by atoms with Crippen molar-refractivity contribution in [1.29, 1.82) is 0 Å². The Morgan fingerprint density at radius 3 is 2.45 bits per heavy atom. The number of hydrogen-bond donors (Lipinski definition) is 1. The van der Waals surface area contributed by atoms with Gasteiger partial charge in [0.1, 0.15) is 19.0 Å². The van der Waals surface area contributed by atoms with Crippen LogP contribution >= 0.6 is 12.4 Å². The summed E-state index contributed by atoms with van der Waals surface area (Å²) in [6.07, 6.45) is 0. The monoisotopic (exact) mass is 320 g/mol. The number of benzene rings is 2. The molecular formula is C16H17ClN2O3. The molecule has 1 heterocycles. The van der Waals surface area contributed by atoms with Crippen LogP contribution in [0.25, 0.3) is 11.0 Å². The minimum atomic E-state index is -0.249. The zero-order valence-corrected chi connectivity index (χ0v) is 12.7. The van der Waals surface area contributed by atoms with Crippen LogP contribution in [0.4, 0.5) is 0 Å². The van der Waals surface area contributed by atoms with Crippen LogP contribution in [0.2, 0.25) is 0 Å². The minimum Gasteiger partial charge on any atom is -0.492 e. The van der Waals surface area contributed by atoms with Crippen molar-refractivity contribution in [1.82, 2.24) is 5.16 Å². The number of nitrogens with zero attached hydrogens (tertiary/aromatic N) is 1. The van der Waals surface area contributed by atoms with Gasteiger partial charge in [0, 0.05) is 0 Å². The lowest BCUT2D eigenvalue weighted by molar-refractivity contribution is 0.210.